The molecule has 1 aromatic carbocycles. The predicted molar refractivity (Wildman–Crippen MR) is 73.0 cm³/mol. The van der Waals surface area contributed by atoms with E-state index in [9.17, 15) is 4.79 Å². The average Bonchev–Trinajstić information content (AvgIpc) is 2.35. The molecule has 0 unspecified atom stereocenters. The second-order valence-corrected chi connectivity index (χ2v) is 4.45. The van der Waals surface area contributed by atoms with Gasteiger partial charge in [-0.15, -0.1) is 0 Å². The molecule has 18 heavy (non-hydrogen) atoms. The van der Waals surface area contributed by atoms with Crippen molar-refractivity contribution in [3.8, 4) is 5.75 Å². The minimum absolute atomic E-state index is 0.0308. The van der Waals surface area contributed by atoms with Gasteiger partial charge in [0.15, 0.2) is 0 Å². The van der Waals surface area contributed by atoms with Crippen molar-refractivity contribution < 1.29 is 9.53 Å². The van der Waals surface area contributed by atoms with Crippen LogP contribution >= 0.6 is 0 Å². The maximum atomic E-state index is 11.1. The summed E-state index contributed by atoms with van der Waals surface area (Å²) in [5.74, 6) is 0.796. The Morgan fingerprint density at radius 1 is 1.33 bits per heavy atom. The van der Waals surface area contributed by atoms with Crippen LogP contribution in [-0.4, -0.2) is 26.1 Å². The van der Waals surface area contributed by atoms with E-state index in [-0.39, 0.29) is 12.5 Å². The third-order valence-electron chi connectivity index (χ3n) is 3.20. The number of hydrogen-bond donors (Lipinski definition) is 2. The summed E-state index contributed by atoms with van der Waals surface area (Å²) in [4.78, 5) is 11.1. The number of hydrogen-bond acceptors (Lipinski definition) is 3. The Kier molecular flexibility index (Phi) is 5.16. The number of aryl methyl sites for hydroxylation is 2. The normalized spacial score (nSPS) is 10.3. The number of amides is 1. The largest absolute Gasteiger partial charge is 0.496 e. The zero-order chi connectivity index (χ0) is 13.7. The van der Waals surface area contributed by atoms with Crippen molar-refractivity contribution in [2.75, 3.05) is 20.2 Å². The topological polar surface area (TPSA) is 64.3 Å². The molecule has 0 saturated heterocycles. The lowest BCUT2D eigenvalue weighted by atomic mass is 9.97. The van der Waals surface area contributed by atoms with Gasteiger partial charge >= 0.3 is 0 Å². The lowest BCUT2D eigenvalue weighted by Crippen LogP contribution is -2.31. The van der Waals surface area contributed by atoms with Gasteiger partial charge in [-0.3, -0.25) is 4.79 Å². The van der Waals surface area contributed by atoms with E-state index >= 15 is 0 Å². The summed E-state index contributed by atoms with van der Waals surface area (Å²) in [5, 5.41) is 2.77. The standard InChI is InChI=1S/C14H22N2O2/c1-9-7-10(2)12(14(18-4)11(9)3)5-6-16-13(17)8-15/h7H,5-6,8,15H2,1-4H3,(H,16,17). The quantitative estimate of drug-likeness (QED) is 0.826. The summed E-state index contributed by atoms with van der Waals surface area (Å²) < 4.78 is 5.48. The molecular formula is C14H22N2O2. The Morgan fingerprint density at radius 3 is 2.56 bits per heavy atom. The number of rotatable bonds is 5. The van der Waals surface area contributed by atoms with Gasteiger partial charge in [-0.05, 0) is 49.4 Å². The lowest BCUT2D eigenvalue weighted by molar-refractivity contribution is -0.119. The van der Waals surface area contributed by atoms with E-state index in [2.05, 4.69) is 32.2 Å². The van der Waals surface area contributed by atoms with E-state index in [4.69, 9.17) is 10.5 Å². The van der Waals surface area contributed by atoms with Crippen molar-refractivity contribution in [3.05, 3.63) is 28.3 Å². The first-order valence-corrected chi connectivity index (χ1v) is 6.11. The van der Waals surface area contributed by atoms with Crippen LogP contribution in [0.25, 0.3) is 0 Å². The molecule has 0 atom stereocenters. The average molecular weight is 250 g/mol. The summed E-state index contributed by atoms with van der Waals surface area (Å²) in [5.41, 5.74) is 9.96. The van der Waals surface area contributed by atoms with E-state index < -0.39 is 0 Å². The molecule has 0 aliphatic heterocycles. The number of carbonyl (C=O) groups is 1. The summed E-state index contributed by atoms with van der Waals surface area (Å²) in [6.45, 7) is 6.80. The highest BCUT2D eigenvalue weighted by molar-refractivity contribution is 5.77. The summed E-state index contributed by atoms with van der Waals surface area (Å²) >= 11 is 0. The van der Waals surface area contributed by atoms with E-state index in [0.29, 0.717) is 6.54 Å². The van der Waals surface area contributed by atoms with Crippen LogP contribution in [0.15, 0.2) is 6.07 Å². The zero-order valence-corrected chi connectivity index (χ0v) is 11.6. The smallest absolute Gasteiger partial charge is 0.233 e. The maximum absolute atomic E-state index is 11.1. The second kappa shape index (κ2) is 6.40. The molecule has 1 rings (SSSR count). The van der Waals surface area contributed by atoms with Gasteiger partial charge in [0, 0.05) is 6.54 Å². The summed E-state index contributed by atoms with van der Waals surface area (Å²) in [7, 11) is 1.68. The minimum Gasteiger partial charge on any atom is -0.496 e. The van der Waals surface area contributed by atoms with Crippen molar-refractivity contribution in [3.63, 3.8) is 0 Å². The van der Waals surface area contributed by atoms with Crippen LogP contribution in [0.4, 0.5) is 0 Å². The van der Waals surface area contributed by atoms with Crippen LogP contribution in [-0.2, 0) is 11.2 Å². The van der Waals surface area contributed by atoms with E-state index in [1.54, 1.807) is 7.11 Å². The summed E-state index contributed by atoms with van der Waals surface area (Å²) in [6.07, 6.45) is 0.752. The second-order valence-electron chi connectivity index (χ2n) is 4.45. The molecule has 0 fully saturated rings. The molecule has 1 aromatic rings. The number of nitrogens with two attached hydrogens (primary N) is 1. The molecule has 0 aromatic heterocycles. The van der Waals surface area contributed by atoms with Crippen LogP contribution in [0.2, 0.25) is 0 Å². The fourth-order valence-electron chi connectivity index (χ4n) is 2.09. The Morgan fingerprint density at radius 2 is 2.00 bits per heavy atom. The van der Waals surface area contributed by atoms with Gasteiger partial charge in [0.1, 0.15) is 5.75 Å². The molecule has 0 spiro atoms. The van der Waals surface area contributed by atoms with Crippen molar-refractivity contribution >= 4 is 5.91 Å². The molecule has 100 valence electrons. The molecule has 0 bridgehead atoms. The van der Waals surface area contributed by atoms with Crippen LogP contribution in [0.1, 0.15) is 22.3 Å². The van der Waals surface area contributed by atoms with E-state index in [0.717, 1.165) is 23.3 Å². The van der Waals surface area contributed by atoms with E-state index in [1.807, 2.05) is 0 Å². The fraction of sp³-hybridized carbons (Fsp3) is 0.500. The summed E-state index contributed by atoms with van der Waals surface area (Å²) in [6, 6.07) is 2.15. The predicted octanol–water partition coefficient (Wildman–Crippen LogP) is 1.24. The van der Waals surface area contributed by atoms with Gasteiger partial charge in [-0.2, -0.15) is 0 Å². The molecule has 0 radical (unpaired) electrons. The van der Waals surface area contributed by atoms with Crippen LogP contribution in [0.5, 0.6) is 5.75 Å². The molecule has 0 saturated carbocycles. The number of nitrogens with one attached hydrogen (secondary N) is 1. The zero-order valence-electron chi connectivity index (χ0n) is 11.6. The Hall–Kier alpha value is -1.55. The number of benzene rings is 1. The molecule has 0 heterocycles. The minimum atomic E-state index is -0.129. The first-order chi connectivity index (χ1) is 8.51. The monoisotopic (exact) mass is 250 g/mol. The lowest BCUT2D eigenvalue weighted by Gasteiger charge is -2.16. The van der Waals surface area contributed by atoms with Gasteiger partial charge < -0.3 is 15.8 Å². The first kappa shape index (κ1) is 14.5. The molecular weight excluding hydrogens is 228 g/mol. The van der Waals surface area contributed by atoms with Crippen molar-refractivity contribution in [1.29, 1.82) is 0 Å². The van der Waals surface area contributed by atoms with Crippen LogP contribution < -0.4 is 15.8 Å². The van der Waals surface area contributed by atoms with Crippen molar-refractivity contribution in [2.45, 2.75) is 27.2 Å². The van der Waals surface area contributed by atoms with Crippen LogP contribution in [0.3, 0.4) is 0 Å². The third-order valence-corrected chi connectivity index (χ3v) is 3.20. The SMILES string of the molecule is COc1c(C)c(C)cc(C)c1CCNC(=O)CN. The Bertz CT molecular complexity index is 442. The highest BCUT2D eigenvalue weighted by atomic mass is 16.5. The van der Waals surface area contributed by atoms with Crippen LogP contribution in [0, 0.1) is 20.8 Å². The van der Waals surface area contributed by atoms with Gasteiger partial charge in [0.05, 0.1) is 13.7 Å². The van der Waals surface area contributed by atoms with Gasteiger partial charge in [-0.1, -0.05) is 6.07 Å². The molecule has 0 aliphatic rings. The number of methoxy groups -OCH3 is 1. The van der Waals surface area contributed by atoms with Crippen molar-refractivity contribution in [2.24, 2.45) is 5.73 Å². The van der Waals surface area contributed by atoms with Gasteiger partial charge in [0.25, 0.3) is 0 Å². The maximum Gasteiger partial charge on any atom is 0.233 e. The van der Waals surface area contributed by atoms with Gasteiger partial charge in [-0.25, -0.2) is 0 Å². The highest BCUT2D eigenvalue weighted by Gasteiger charge is 2.12. The molecule has 3 N–H and O–H groups in total. The molecule has 1 amide bonds. The Balaban J connectivity index is 2.88. The molecule has 0 aliphatic carbocycles. The third kappa shape index (κ3) is 3.23. The highest BCUT2D eigenvalue weighted by Crippen LogP contribution is 2.29. The molecule has 4 heteroatoms. The van der Waals surface area contributed by atoms with Crippen molar-refractivity contribution in [1.82, 2.24) is 5.32 Å². The molecule has 4 nitrogen and oxygen atoms in total. The van der Waals surface area contributed by atoms with E-state index in [1.165, 1.54) is 11.1 Å². The Labute approximate surface area is 109 Å². The van der Waals surface area contributed by atoms with Gasteiger partial charge in [0.2, 0.25) is 5.91 Å². The number of ether oxygens (including phenoxy) is 1. The fourth-order valence-corrected chi connectivity index (χ4v) is 2.09. The number of carbonyl (C=O) groups excluding carboxylic acids is 1. The first-order valence-electron chi connectivity index (χ1n) is 6.11.